The number of allylic oxidation sites excluding steroid dienone is 19. The van der Waals surface area contributed by atoms with Crippen LogP contribution in [0.15, 0.2) is 122 Å². The molecule has 0 radical (unpaired) electrons. The third kappa shape index (κ3) is 39.8. The van der Waals surface area contributed by atoms with Crippen LogP contribution in [0.4, 0.5) is 0 Å². The molecule has 7 atom stereocenters. The average Bonchev–Trinajstić information content (AvgIpc) is 3.37. The van der Waals surface area contributed by atoms with Gasteiger partial charge < -0.3 is 40.3 Å². The molecule has 1 fully saturated rings. The Bertz CT molecular complexity index is 1520. The lowest BCUT2D eigenvalue weighted by atomic mass is 9.99. The van der Waals surface area contributed by atoms with Crippen LogP contribution in [0.2, 0.25) is 0 Å². The molecule has 0 aliphatic carbocycles. The standard InChI is InChI=1S/C62H103NO8/c1-3-5-7-9-11-13-14-15-16-17-18-19-20-21-22-23-24-25-26-27-28-29-30-31-32-33-34-35-36-37-38-39-40-41-42-44-46-48-50-52-58(66)63-55(56(65)51-49-47-45-43-12-10-8-6-4-2)54-70-62-61(69)60(68)59(67)57(53-64)71-62/h4-7,11-13,15-16,18-19,21-22,24-25,27-28,43,49,51,55-57,59-62,64-65,67-69H,3,8-10,14,17,20,23,26,29-42,44-48,50,52-54H2,1-2H3,(H,63,66)/b6-4+,7-5-,13-11-,16-15-,19-18-,22-21-,25-24-,28-27-,43-12+,51-49+. The van der Waals surface area contributed by atoms with Gasteiger partial charge in [-0.2, -0.15) is 0 Å². The van der Waals surface area contributed by atoms with Gasteiger partial charge in [0.05, 0.1) is 25.4 Å². The first-order chi connectivity index (χ1) is 34.8. The summed E-state index contributed by atoms with van der Waals surface area (Å²) < 4.78 is 11.2. The smallest absolute Gasteiger partial charge is 0.220 e. The normalized spacial score (nSPS) is 20.2. The van der Waals surface area contributed by atoms with Crippen LogP contribution in [0, 0.1) is 0 Å². The molecular formula is C62H103NO8. The Morgan fingerprint density at radius 1 is 0.507 bits per heavy atom. The maximum Gasteiger partial charge on any atom is 0.220 e. The molecule has 1 aliphatic heterocycles. The van der Waals surface area contributed by atoms with Crippen molar-refractivity contribution in [1.82, 2.24) is 5.32 Å². The van der Waals surface area contributed by atoms with Crippen LogP contribution in [-0.2, 0) is 14.3 Å². The summed E-state index contributed by atoms with van der Waals surface area (Å²) in [6, 6.07) is -0.831. The monoisotopic (exact) mass is 990 g/mol. The van der Waals surface area contributed by atoms with E-state index in [0.717, 1.165) is 89.9 Å². The molecule has 1 rings (SSSR count). The molecule has 0 aromatic carbocycles. The number of rotatable bonds is 46. The molecule has 404 valence electrons. The minimum absolute atomic E-state index is 0.198. The van der Waals surface area contributed by atoms with Crippen molar-refractivity contribution in [3.8, 4) is 0 Å². The summed E-state index contributed by atoms with van der Waals surface area (Å²) in [6.45, 7) is 3.39. The van der Waals surface area contributed by atoms with Crippen LogP contribution < -0.4 is 5.32 Å². The molecule has 0 bridgehead atoms. The fraction of sp³-hybridized carbons (Fsp3) is 0.661. The number of unbranched alkanes of at least 4 members (excludes halogenated alkanes) is 19. The summed E-state index contributed by atoms with van der Waals surface area (Å²) in [7, 11) is 0. The number of aliphatic hydroxyl groups excluding tert-OH is 5. The molecule has 0 spiro atoms. The Morgan fingerprint density at radius 3 is 1.35 bits per heavy atom. The van der Waals surface area contributed by atoms with Gasteiger partial charge in [-0.25, -0.2) is 0 Å². The van der Waals surface area contributed by atoms with Crippen molar-refractivity contribution in [2.24, 2.45) is 0 Å². The van der Waals surface area contributed by atoms with E-state index in [4.69, 9.17) is 9.47 Å². The van der Waals surface area contributed by atoms with Gasteiger partial charge in [0.25, 0.3) is 0 Å². The number of ether oxygens (including phenoxy) is 2. The van der Waals surface area contributed by atoms with Crippen molar-refractivity contribution in [3.05, 3.63) is 122 Å². The minimum atomic E-state index is -1.58. The van der Waals surface area contributed by atoms with Crippen LogP contribution >= 0.6 is 0 Å². The second-order valence-corrected chi connectivity index (χ2v) is 19.0. The molecule has 1 aliphatic rings. The maximum absolute atomic E-state index is 13.0. The summed E-state index contributed by atoms with van der Waals surface area (Å²) >= 11 is 0. The van der Waals surface area contributed by atoms with Gasteiger partial charge in [-0.15, -0.1) is 0 Å². The zero-order chi connectivity index (χ0) is 51.5. The predicted octanol–water partition coefficient (Wildman–Crippen LogP) is 14.0. The summed E-state index contributed by atoms with van der Waals surface area (Å²) in [5, 5.41) is 54.1. The van der Waals surface area contributed by atoms with E-state index in [-0.39, 0.29) is 12.5 Å². The van der Waals surface area contributed by atoms with Crippen LogP contribution in [0.5, 0.6) is 0 Å². The van der Waals surface area contributed by atoms with Gasteiger partial charge in [0, 0.05) is 6.42 Å². The third-order valence-electron chi connectivity index (χ3n) is 12.6. The molecular weight excluding hydrogens is 887 g/mol. The lowest BCUT2D eigenvalue weighted by Gasteiger charge is -2.40. The molecule has 0 aromatic heterocycles. The number of hydrogen-bond donors (Lipinski definition) is 6. The minimum Gasteiger partial charge on any atom is -0.394 e. The molecule has 9 heteroatoms. The van der Waals surface area contributed by atoms with Gasteiger partial charge in [0.1, 0.15) is 24.4 Å². The number of amides is 1. The van der Waals surface area contributed by atoms with Crippen LogP contribution in [0.3, 0.4) is 0 Å². The molecule has 1 amide bonds. The average molecular weight is 991 g/mol. The SMILES string of the molecule is C/C=C/CC/C=C/CC/C=C/C(O)C(COC1OC(CO)C(O)C(O)C1O)NC(=O)CCCCCCCCCCCCCCCCCCC/C=C\C/C=C\C/C=C\C/C=C\C/C=C\C/C=C\C/C=C\CC. The van der Waals surface area contributed by atoms with Gasteiger partial charge in [0.15, 0.2) is 6.29 Å². The van der Waals surface area contributed by atoms with E-state index in [1.165, 1.54) is 96.3 Å². The van der Waals surface area contributed by atoms with Gasteiger partial charge >= 0.3 is 0 Å². The molecule has 0 aromatic rings. The number of hydrogen-bond acceptors (Lipinski definition) is 8. The van der Waals surface area contributed by atoms with Crippen LogP contribution in [0.1, 0.15) is 206 Å². The lowest BCUT2D eigenvalue weighted by molar-refractivity contribution is -0.302. The number of carbonyl (C=O) groups excluding carboxylic acids is 1. The van der Waals surface area contributed by atoms with Crippen molar-refractivity contribution in [1.29, 1.82) is 0 Å². The van der Waals surface area contributed by atoms with E-state index in [2.05, 4.69) is 116 Å². The highest BCUT2D eigenvalue weighted by molar-refractivity contribution is 5.76. The Labute approximate surface area is 433 Å². The zero-order valence-corrected chi connectivity index (χ0v) is 44.7. The highest BCUT2D eigenvalue weighted by atomic mass is 16.7. The Morgan fingerprint density at radius 2 is 0.901 bits per heavy atom. The first-order valence-electron chi connectivity index (χ1n) is 28.2. The zero-order valence-electron chi connectivity index (χ0n) is 44.7. The second kappa shape index (κ2) is 50.1. The molecule has 1 heterocycles. The first kappa shape index (κ1) is 65.6. The highest BCUT2D eigenvalue weighted by Crippen LogP contribution is 2.23. The summed E-state index contributed by atoms with van der Waals surface area (Å²) in [4.78, 5) is 13.0. The van der Waals surface area contributed by atoms with Gasteiger partial charge in [-0.05, 0) is 96.8 Å². The third-order valence-corrected chi connectivity index (χ3v) is 12.6. The molecule has 9 nitrogen and oxygen atoms in total. The maximum atomic E-state index is 13.0. The van der Waals surface area contributed by atoms with Gasteiger partial charge in [0.2, 0.25) is 5.91 Å². The van der Waals surface area contributed by atoms with E-state index in [9.17, 15) is 30.3 Å². The van der Waals surface area contributed by atoms with Gasteiger partial charge in [-0.1, -0.05) is 225 Å². The highest BCUT2D eigenvalue weighted by Gasteiger charge is 2.44. The first-order valence-corrected chi connectivity index (χ1v) is 28.2. The molecule has 7 unspecified atom stereocenters. The molecule has 71 heavy (non-hydrogen) atoms. The van der Waals surface area contributed by atoms with E-state index in [1.54, 1.807) is 6.08 Å². The topological polar surface area (TPSA) is 149 Å². The van der Waals surface area contributed by atoms with E-state index >= 15 is 0 Å². The largest absolute Gasteiger partial charge is 0.394 e. The Kier molecular flexibility index (Phi) is 46.3. The Balaban J connectivity index is 2.06. The fourth-order valence-electron chi connectivity index (χ4n) is 8.18. The fourth-order valence-corrected chi connectivity index (χ4v) is 8.18. The van der Waals surface area contributed by atoms with Crippen molar-refractivity contribution in [2.75, 3.05) is 13.2 Å². The molecule has 1 saturated heterocycles. The Hall–Kier alpha value is -3.41. The predicted molar refractivity (Wildman–Crippen MR) is 299 cm³/mol. The van der Waals surface area contributed by atoms with Crippen molar-refractivity contribution < 1.29 is 39.8 Å². The number of carbonyl (C=O) groups is 1. The summed E-state index contributed by atoms with van der Waals surface area (Å²) in [5.41, 5.74) is 0. The molecule has 6 N–H and O–H groups in total. The summed E-state index contributed by atoms with van der Waals surface area (Å²) in [6.07, 6.45) is 68.9. The second-order valence-electron chi connectivity index (χ2n) is 19.0. The number of nitrogens with one attached hydrogen (secondary N) is 1. The van der Waals surface area contributed by atoms with Gasteiger partial charge in [-0.3, -0.25) is 4.79 Å². The summed E-state index contributed by atoms with van der Waals surface area (Å²) in [5.74, 6) is -0.198. The van der Waals surface area contributed by atoms with E-state index in [0.29, 0.717) is 6.42 Å². The van der Waals surface area contributed by atoms with Crippen LogP contribution in [-0.4, -0.2) is 87.5 Å². The molecule has 0 saturated carbocycles. The van der Waals surface area contributed by atoms with Crippen molar-refractivity contribution >= 4 is 5.91 Å². The van der Waals surface area contributed by atoms with E-state index < -0.39 is 49.5 Å². The van der Waals surface area contributed by atoms with Crippen molar-refractivity contribution in [2.45, 2.75) is 249 Å². The lowest BCUT2D eigenvalue weighted by Crippen LogP contribution is -2.60. The quantitative estimate of drug-likeness (QED) is 0.0261. The van der Waals surface area contributed by atoms with Crippen molar-refractivity contribution in [3.63, 3.8) is 0 Å². The number of aliphatic hydroxyl groups is 5. The van der Waals surface area contributed by atoms with E-state index in [1.807, 2.05) is 19.1 Å². The van der Waals surface area contributed by atoms with Crippen LogP contribution in [0.25, 0.3) is 0 Å².